The molecule has 0 atom stereocenters. The van der Waals surface area contributed by atoms with Crippen molar-refractivity contribution in [3.8, 4) is 0 Å². The van der Waals surface area contributed by atoms with Gasteiger partial charge in [0.25, 0.3) is 0 Å². The third-order valence-corrected chi connectivity index (χ3v) is 2.36. The third-order valence-electron chi connectivity index (χ3n) is 2.36. The molecule has 82 valence electrons. The summed E-state index contributed by atoms with van der Waals surface area (Å²) in [6.07, 6.45) is 0. The van der Waals surface area contributed by atoms with Gasteiger partial charge in [-0.25, -0.2) is 0 Å². The van der Waals surface area contributed by atoms with Gasteiger partial charge in [0.1, 0.15) is 0 Å². The Labute approximate surface area is 92.4 Å². The van der Waals surface area contributed by atoms with Gasteiger partial charge in [0.15, 0.2) is 0 Å². The molecule has 0 heterocycles. The molecule has 0 saturated carbocycles. The molecule has 0 bridgehead atoms. The van der Waals surface area contributed by atoms with E-state index in [4.69, 9.17) is 5.73 Å². The highest BCUT2D eigenvalue weighted by Gasteiger charge is 2.01. The molecule has 0 aromatic heterocycles. The highest BCUT2D eigenvalue weighted by molar-refractivity contribution is 5.21. The molecule has 2 nitrogen and oxygen atoms in total. The second-order valence-corrected chi connectivity index (χ2v) is 4.11. The number of nitrogens with zero attached hydrogens (tertiary/aromatic N) is 1. The number of likely N-dealkylation sites (N-methyl/N-ethyl adjacent to an activating group) is 1. The zero-order valence-corrected chi connectivity index (χ0v) is 9.66. The fraction of sp³-hybridized carbons (Fsp3) is 0.385. The van der Waals surface area contributed by atoms with E-state index in [-0.39, 0.29) is 0 Å². The summed E-state index contributed by atoms with van der Waals surface area (Å²) in [6.45, 7) is 8.38. The summed E-state index contributed by atoms with van der Waals surface area (Å²) >= 11 is 0. The van der Waals surface area contributed by atoms with Crippen LogP contribution < -0.4 is 5.73 Å². The van der Waals surface area contributed by atoms with Gasteiger partial charge >= 0.3 is 0 Å². The van der Waals surface area contributed by atoms with Gasteiger partial charge in [-0.1, -0.05) is 36.4 Å². The predicted molar refractivity (Wildman–Crippen MR) is 65.7 cm³/mol. The number of benzene rings is 1. The molecule has 0 unspecified atom stereocenters. The summed E-state index contributed by atoms with van der Waals surface area (Å²) < 4.78 is 0. The van der Waals surface area contributed by atoms with Crippen LogP contribution in [-0.2, 0) is 6.54 Å². The van der Waals surface area contributed by atoms with E-state index in [2.05, 4.69) is 49.7 Å². The van der Waals surface area contributed by atoms with E-state index in [1.165, 1.54) is 11.1 Å². The number of hydrogen-bond acceptors (Lipinski definition) is 2. The van der Waals surface area contributed by atoms with Crippen molar-refractivity contribution in [2.45, 2.75) is 13.5 Å². The fourth-order valence-electron chi connectivity index (χ4n) is 1.51. The maximum Gasteiger partial charge on any atom is 0.0234 e. The van der Waals surface area contributed by atoms with Crippen LogP contribution in [0.3, 0.4) is 0 Å². The highest BCUT2D eigenvalue weighted by Crippen LogP contribution is 2.06. The lowest BCUT2D eigenvalue weighted by Crippen LogP contribution is -2.23. The van der Waals surface area contributed by atoms with E-state index in [0.717, 1.165) is 18.7 Å². The van der Waals surface area contributed by atoms with Gasteiger partial charge in [-0.15, -0.1) is 0 Å². The van der Waals surface area contributed by atoms with Gasteiger partial charge in [-0.2, -0.15) is 0 Å². The first-order chi connectivity index (χ1) is 7.11. The van der Waals surface area contributed by atoms with E-state index < -0.39 is 0 Å². The summed E-state index contributed by atoms with van der Waals surface area (Å²) in [7, 11) is 2.08. The molecule has 0 radical (unpaired) electrons. The molecule has 0 spiro atoms. The normalized spacial score (nSPS) is 10.7. The average Bonchev–Trinajstić information content (AvgIpc) is 2.21. The van der Waals surface area contributed by atoms with Crippen LogP contribution in [0.5, 0.6) is 0 Å². The largest absolute Gasteiger partial charge is 0.327 e. The van der Waals surface area contributed by atoms with Crippen LogP contribution in [0.4, 0.5) is 0 Å². The number of aryl methyl sites for hydroxylation is 1. The van der Waals surface area contributed by atoms with E-state index in [9.17, 15) is 0 Å². The molecule has 2 heteroatoms. The summed E-state index contributed by atoms with van der Waals surface area (Å²) in [6, 6.07) is 8.61. The van der Waals surface area contributed by atoms with Gasteiger partial charge in [-0.05, 0) is 25.1 Å². The van der Waals surface area contributed by atoms with E-state index in [1.807, 2.05) is 0 Å². The summed E-state index contributed by atoms with van der Waals surface area (Å²) in [5.41, 5.74) is 9.21. The minimum Gasteiger partial charge on any atom is -0.327 e. The standard InChI is InChI=1S/C13H20N2/c1-11-4-6-13(7-5-11)10-15(3)9-12(2)8-14/h4-7H,2,8-10,14H2,1,3H3. The van der Waals surface area contributed by atoms with Crippen LogP contribution in [0.25, 0.3) is 0 Å². The first-order valence-electron chi connectivity index (χ1n) is 5.22. The van der Waals surface area contributed by atoms with Crippen LogP contribution >= 0.6 is 0 Å². The Balaban J connectivity index is 2.47. The molecule has 0 saturated heterocycles. The van der Waals surface area contributed by atoms with Gasteiger partial charge in [-0.3, -0.25) is 4.90 Å². The van der Waals surface area contributed by atoms with E-state index in [0.29, 0.717) is 6.54 Å². The molecule has 1 rings (SSSR count). The van der Waals surface area contributed by atoms with Crippen LogP contribution in [0.15, 0.2) is 36.4 Å². The maximum absolute atomic E-state index is 5.51. The lowest BCUT2D eigenvalue weighted by atomic mass is 10.1. The first-order valence-corrected chi connectivity index (χ1v) is 5.22. The van der Waals surface area contributed by atoms with Crippen LogP contribution in [-0.4, -0.2) is 25.0 Å². The Kier molecular flexibility index (Phi) is 4.53. The average molecular weight is 204 g/mol. The lowest BCUT2D eigenvalue weighted by molar-refractivity contribution is 0.354. The minimum absolute atomic E-state index is 0.568. The highest BCUT2D eigenvalue weighted by atomic mass is 15.1. The summed E-state index contributed by atoms with van der Waals surface area (Å²) in [5.74, 6) is 0. The lowest BCUT2D eigenvalue weighted by Gasteiger charge is -2.17. The number of nitrogens with two attached hydrogens (primary N) is 1. The topological polar surface area (TPSA) is 29.3 Å². The Morgan fingerprint density at radius 2 is 1.93 bits per heavy atom. The zero-order valence-electron chi connectivity index (χ0n) is 9.66. The molecular weight excluding hydrogens is 184 g/mol. The predicted octanol–water partition coefficient (Wildman–Crippen LogP) is 1.94. The molecule has 0 fully saturated rings. The van der Waals surface area contributed by atoms with Gasteiger partial charge in [0.05, 0.1) is 0 Å². The molecule has 0 amide bonds. The second-order valence-electron chi connectivity index (χ2n) is 4.11. The van der Waals surface area contributed by atoms with E-state index >= 15 is 0 Å². The Bertz CT molecular complexity index is 314. The Hall–Kier alpha value is -1.12. The molecule has 2 N–H and O–H groups in total. The number of hydrogen-bond donors (Lipinski definition) is 1. The van der Waals surface area contributed by atoms with Gasteiger partial charge < -0.3 is 5.73 Å². The molecule has 15 heavy (non-hydrogen) atoms. The van der Waals surface area contributed by atoms with Crippen molar-refractivity contribution in [1.82, 2.24) is 4.90 Å². The first kappa shape index (κ1) is 12.0. The van der Waals surface area contributed by atoms with Gasteiger partial charge in [0, 0.05) is 19.6 Å². The quantitative estimate of drug-likeness (QED) is 0.743. The summed E-state index contributed by atoms with van der Waals surface area (Å²) in [4.78, 5) is 2.22. The Morgan fingerprint density at radius 3 is 2.47 bits per heavy atom. The van der Waals surface area contributed by atoms with Crippen molar-refractivity contribution >= 4 is 0 Å². The van der Waals surface area contributed by atoms with Crippen LogP contribution in [0.1, 0.15) is 11.1 Å². The monoisotopic (exact) mass is 204 g/mol. The molecule has 0 aliphatic heterocycles. The van der Waals surface area contributed by atoms with Crippen molar-refractivity contribution in [3.63, 3.8) is 0 Å². The fourth-order valence-corrected chi connectivity index (χ4v) is 1.51. The van der Waals surface area contributed by atoms with Crippen LogP contribution in [0, 0.1) is 6.92 Å². The van der Waals surface area contributed by atoms with Crippen molar-refractivity contribution < 1.29 is 0 Å². The Morgan fingerprint density at radius 1 is 1.33 bits per heavy atom. The van der Waals surface area contributed by atoms with Crippen molar-refractivity contribution in [2.24, 2.45) is 5.73 Å². The third kappa shape index (κ3) is 4.28. The minimum atomic E-state index is 0.568. The van der Waals surface area contributed by atoms with Crippen molar-refractivity contribution in [1.29, 1.82) is 0 Å². The van der Waals surface area contributed by atoms with Crippen LogP contribution in [0.2, 0.25) is 0 Å². The second kappa shape index (κ2) is 5.69. The van der Waals surface area contributed by atoms with Gasteiger partial charge in [0.2, 0.25) is 0 Å². The van der Waals surface area contributed by atoms with Crippen molar-refractivity contribution in [2.75, 3.05) is 20.1 Å². The smallest absolute Gasteiger partial charge is 0.0234 e. The molecular formula is C13H20N2. The molecule has 1 aromatic rings. The summed E-state index contributed by atoms with van der Waals surface area (Å²) in [5, 5.41) is 0. The van der Waals surface area contributed by atoms with E-state index in [1.54, 1.807) is 0 Å². The van der Waals surface area contributed by atoms with Crippen molar-refractivity contribution in [3.05, 3.63) is 47.5 Å². The zero-order chi connectivity index (χ0) is 11.3. The SMILES string of the molecule is C=C(CN)CN(C)Cc1ccc(C)cc1. The number of rotatable bonds is 5. The maximum atomic E-state index is 5.51. The molecule has 0 aliphatic rings. The molecule has 1 aromatic carbocycles. The molecule has 0 aliphatic carbocycles.